The molecule has 1 aromatic heterocycles. The summed E-state index contributed by atoms with van der Waals surface area (Å²) in [5.41, 5.74) is 8.19. The van der Waals surface area contributed by atoms with Gasteiger partial charge in [-0.2, -0.15) is 0 Å². The van der Waals surface area contributed by atoms with Crippen molar-refractivity contribution in [2.75, 3.05) is 6.61 Å². The Morgan fingerprint density at radius 3 is 2.79 bits per heavy atom. The molecule has 0 radical (unpaired) electrons. The van der Waals surface area contributed by atoms with Crippen LogP contribution in [0.1, 0.15) is 29.9 Å². The van der Waals surface area contributed by atoms with Gasteiger partial charge >= 0.3 is 0 Å². The molecule has 1 heterocycles. The standard InChI is InChI=1S/C15H21N3O/c1-11-4-5-14(12(2)16)15(10-11)19-9-8-18-7-6-17-13(18)3/h4-7,10,12H,8-9,16H2,1-3H3/t12-/m0/s1. The highest BCUT2D eigenvalue weighted by Crippen LogP contribution is 2.25. The number of hydrogen-bond acceptors (Lipinski definition) is 3. The molecule has 2 N–H and O–H groups in total. The predicted octanol–water partition coefficient (Wildman–Crippen LogP) is 2.60. The van der Waals surface area contributed by atoms with Crippen LogP contribution in [0.15, 0.2) is 30.6 Å². The summed E-state index contributed by atoms with van der Waals surface area (Å²) in [4.78, 5) is 4.19. The second-order valence-corrected chi connectivity index (χ2v) is 4.85. The summed E-state index contributed by atoms with van der Waals surface area (Å²) in [6, 6.07) is 6.12. The van der Waals surface area contributed by atoms with E-state index in [0.29, 0.717) is 6.61 Å². The normalized spacial score (nSPS) is 12.4. The molecule has 0 spiro atoms. The number of imidazole rings is 1. The molecule has 0 amide bonds. The molecule has 0 aliphatic heterocycles. The summed E-state index contributed by atoms with van der Waals surface area (Å²) in [5.74, 6) is 1.88. The van der Waals surface area contributed by atoms with Crippen molar-refractivity contribution in [3.63, 3.8) is 0 Å². The zero-order valence-corrected chi connectivity index (χ0v) is 11.8. The maximum absolute atomic E-state index is 5.96. The third kappa shape index (κ3) is 3.35. The number of benzene rings is 1. The Kier molecular flexibility index (Phi) is 4.22. The molecule has 102 valence electrons. The van der Waals surface area contributed by atoms with Crippen LogP contribution < -0.4 is 10.5 Å². The summed E-state index contributed by atoms with van der Waals surface area (Å²) in [6.07, 6.45) is 3.76. The second kappa shape index (κ2) is 5.89. The molecule has 0 saturated carbocycles. The van der Waals surface area contributed by atoms with Gasteiger partial charge in [-0.3, -0.25) is 0 Å². The molecule has 0 fully saturated rings. The van der Waals surface area contributed by atoms with E-state index in [4.69, 9.17) is 10.5 Å². The molecule has 0 aliphatic rings. The molecular weight excluding hydrogens is 238 g/mol. The van der Waals surface area contributed by atoms with Gasteiger partial charge in [0.1, 0.15) is 18.2 Å². The largest absolute Gasteiger partial charge is 0.491 e. The van der Waals surface area contributed by atoms with Gasteiger partial charge < -0.3 is 15.0 Å². The molecule has 0 aliphatic carbocycles. The Morgan fingerprint density at radius 2 is 2.16 bits per heavy atom. The SMILES string of the molecule is Cc1ccc([C@H](C)N)c(OCCn2ccnc2C)c1. The van der Waals surface area contributed by atoms with Crippen molar-refractivity contribution in [1.29, 1.82) is 0 Å². The minimum absolute atomic E-state index is 0.0226. The molecule has 2 aromatic rings. The lowest BCUT2D eigenvalue weighted by Gasteiger charge is -2.15. The minimum Gasteiger partial charge on any atom is -0.491 e. The van der Waals surface area contributed by atoms with E-state index in [1.807, 2.05) is 32.2 Å². The van der Waals surface area contributed by atoms with Gasteiger partial charge in [0.2, 0.25) is 0 Å². The first kappa shape index (κ1) is 13.6. The highest BCUT2D eigenvalue weighted by atomic mass is 16.5. The smallest absolute Gasteiger partial charge is 0.124 e. The molecule has 19 heavy (non-hydrogen) atoms. The molecule has 4 heteroatoms. The van der Waals surface area contributed by atoms with Crippen molar-refractivity contribution >= 4 is 0 Å². The van der Waals surface area contributed by atoms with Crippen molar-refractivity contribution in [3.8, 4) is 5.75 Å². The average molecular weight is 259 g/mol. The van der Waals surface area contributed by atoms with E-state index in [-0.39, 0.29) is 6.04 Å². The van der Waals surface area contributed by atoms with Crippen LogP contribution in [0.4, 0.5) is 0 Å². The number of aryl methyl sites for hydroxylation is 2. The molecule has 0 saturated heterocycles. The van der Waals surface area contributed by atoms with E-state index in [2.05, 4.69) is 22.5 Å². The van der Waals surface area contributed by atoms with Crippen LogP contribution in [0.5, 0.6) is 5.75 Å². The zero-order chi connectivity index (χ0) is 13.8. The van der Waals surface area contributed by atoms with Gasteiger partial charge in [0, 0.05) is 24.0 Å². The maximum atomic E-state index is 5.96. The number of rotatable bonds is 5. The number of nitrogens with two attached hydrogens (primary N) is 1. The van der Waals surface area contributed by atoms with E-state index in [1.165, 1.54) is 5.56 Å². The van der Waals surface area contributed by atoms with Gasteiger partial charge in [-0.25, -0.2) is 4.98 Å². The lowest BCUT2D eigenvalue weighted by Crippen LogP contribution is -2.12. The summed E-state index contributed by atoms with van der Waals surface area (Å²) >= 11 is 0. The first-order valence-corrected chi connectivity index (χ1v) is 6.54. The van der Waals surface area contributed by atoms with Crippen LogP contribution in [-0.4, -0.2) is 16.2 Å². The third-order valence-electron chi connectivity index (χ3n) is 3.17. The van der Waals surface area contributed by atoms with Crippen molar-refractivity contribution in [1.82, 2.24) is 9.55 Å². The Bertz CT molecular complexity index is 546. The van der Waals surface area contributed by atoms with Crippen LogP contribution in [0.25, 0.3) is 0 Å². The topological polar surface area (TPSA) is 53.1 Å². The van der Waals surface area contributed by atoms with Crippen LogP contribution in [0, 0.1) is 13.8 Å². The molecule has 0 unspecified atom stereocenters. The number of aromatic nitrogens is 2. The van der Waals surface area contributed by atoms with E-state index >= 15 is 0 Å². The van der Waals surface area contributed by atoms with Gasteiger partial charge in [0.05, 0.1) is 6.54 Å². The van der Waals surface area contributed by atoms with Crippen LogP contribution >= 0.6 is 0 Å². The van der Waals surface area contributed by atoms with Crippen LogP contribution in [0.3, 0.4) is 0 Å². The fraction of sp³-hybridized carbons (Fsp3) is 0.400. The van der Waals surface area contributed by atoms with Crippen molar-refractivity contribution < 1.29 is 4.74 Å². The second-order valence-electron chi connectivity index (χ2n) is 4.85. The number of hydrogen-bond donors (Lipinski definition) is 1. The van der Waals surface area contributed by atoms with Gasteiger partial charge in [0.15, 0.2) is 0 Å². The number of ether oxygens (including phenoxy) is 1. The molecule has 1 atom stereocenters. The lowest BCUT2D eigenvalue weighted by atomic mass is 10.1. The quantitative estimate of drug-likeness (QED) is 0.898. The van der Waals surface area contributed by atoms with Crippen LogP contribution in [0.2, 0.25) is 0 Å². The summed E-state index contributed by atoms with van der Waals surface area (Å²) < 4.78 is 7.95. The number of nitrogens with zero attached hydrogens (tertiary/aromatic N) is 2. The van der Waals surface area contributed by atoms with E-state index < -0.39 is 0 Å². The monoisotopic (exact) mass is 259 g/mol. The van der Waals surface area contributed by atoms with Crippen LogP contribution in [-0.2, 0) is 6.54 Å². The third-order valence-corrected chi connectivity index (χ3v) is 3.17. The first-order chi connectivity index (χ1) is 9.08. The lowest BCUT2D eigenvalue weighted by molar-refractivity contribution is 0.293. The van der Waals surface area contributed by atoms with Crippen molar-refractivity contribution in [3.05, 3.63) is 47.5 Å². The first-order valence-electron chi connectivity index (χ1n) is 6.54. The zero-order valence-electron chi connectivity index (χ0n) is 11.8. The summed E-state index contributed by atoms with van der Waals surface area (Å²) in [5, 5.41) is 0. The maximum Gasteiger partial charge on any atom is 0.124 e. The Labute approximate surface area is 114 Å². The average Bonchev–Trinajstić information content (AvgIpc) is 2.75. The van der Waals surface area contributed by atoms with Gasteiger partial charge in [0.25, 0.3) is 0 Å². The summed E-state index contributed by atoms with van der Waals surface area (Å²) in [7, 11) is 0. The summed E-state index contributed by atoms with van der Waals surface area (Å²) in [6.45, 7) is 7.41. The van der Waals surface area contributed by atoms with Gasteiger partial charge in [-0.15, -0.1) is 0 Å². The fourth-order valence-electron chi connectivity index (χ4n) is 2.04. The minimum atomic E-state index is -0.0226. The van der Waals surface area contributed by atoms with E-state index in [0.717, 1.165) is 23.7 Å². The highest BCUT2D eigenvalue weighted by molar-refractivity contribution is 5.38. The van der Waals surface area contributed by atoms with E-state index in [9.17, 15) is 0 Å². The molecule has 2 rings (SSSR count). The van der Waals surface area contributed by atoms with Crippen molar-refractivity contribution in [2.24, 2.45) is 5.73 Å². The van der Waals surface area contributed by atoms with Gasteiger partial charge in [-0.1, -0.05) is 12.1 Å². The Morgan fingerprint density at radius 1 is 1.37 bits per heavy atom. The predicted molar refractivity (Wildman–Crippen MR) is 76.2 cm³/mol. The van der Waals surface area contributed by atoms with Crippen molar-refractivity contribution in [2.45, 2.75) is 33.4 Å². The Hall–Kier alpha value is -1.81. The Balaban J connectivity index is 2.03. The molecule has 1 aromatic carbocycles. The van der Waals surface area contributed by atoms with Gasteiger partial charge in [-0.05, 0) is 32.4 Å². The highest BCUT2D eigenvalue weighted by Gasteiger charge is 2.08. The van der Waals surface area contributed by atoms with E-state index in [1.54, 1.807) is 6.20 Å². The molecular formula is C15H21N3O. The molecule has 0 bridgehead atoms. The molecule has 4 nitrogen and oxygen atoms in total. The fourth-order valence-corrected chi connectivity index (χ4v) is 2.04.